The molecule has 0 bridgehead atoms. The smallest absolute Gasteiger partial charge is 0.255 e. The van der Waals surface area contributed by atoms with E-state index < -0.39 is 9.67 Å². The number of nitrogens with zero attached hydrogens (tertiary/aromatic N) is 2. The van der Waals surface area contributed by atoms with Gasteiger partial charge in [-0.3, -0.25) is 9.59 Å². The summed E-state index contributed by atoms with van der Waals surface area (Å²) in [6, 6.07) is 0. The van der Waals surface area contributed by atoms with Crippen molar-refractivity contribution in [2.75, 3.05) is 26.2 Å². The average Bonchev–Trinajstić information content (AvgIpc) is 2.27. The van der Waals surface area contributed by atoms with E-state index in [1.54, 1.807) is 0 Å². The number of piperazine rings is 1. The molecule has 1 fully saturated rings. The van der Waals surface area contributed by atoms with Crippen LogP contribution >= 0.6 is 46.4 Å². The molecule has 0 N–H and O–H groups in total. The second-order valence-corrected chi connectivity index (χ2v) is 5.44. The summed E-state index contributed by atoms with van der Waals surface area (Å²) >= 11 is 21.8. The van der Waals surface area contributed by atoms with Gasteiger partial charge in [-0.1, -0.05) is 46.4 Å². The van der Waals surface area contributed by atoms with Gasteiger partial charge in [0.25, 0.3) is 11.8 Å². The first kappa shape index (κ1) is 14.2. The Hall–Kier alpha value is 0.1000. The minimum absolute atomic E-state index is 0.344. The fourth-order valence-electron chi connectivity index (χ4n) is 1.42. The molecule has 0 aromatic heterocycles. The van der Waals surface area contributed by atoms with Crippen LogP contribution in [0.15, 0.2) is 0 Å². The molecule has 1 rings (SSSR count). The van der Waals surface area contributed by atoms with Crippen molar-refractivity contribution in [3.8, 4) is 0 Å². The van der Waals surface area contributed by atoms with Gasteiger partial charge < -0.3 is 9.80 Å². The Morgan fingerprint density at radius 3 is 1.19 bits per heavy atom. The number of carbonyl (C=O) groups is 2. The summed E-state index contributed by atoms with van der Waals surface area (Å²) in [6.45, 7) is 1.56. The third-order valence-corrected chi connectivity index (χ3v) is 3.02. The maximum atomic E-state index is 11.4. The zero-order chi connectivity index (χ0) is 12.3. The molecule has 92 valence electrons. The number of hydrogen-bond acceptors (Lipinski definition) is 2. The van der Waals surface area contributed by atoms with E-state index in [4.69, 9.17) is 46.4 Å². The number of carbonyl (C=O) groups excluding carboxylic acids is 2. The van der Waals surface area contributed by atoms with Crippen LogP contribution in [0.4, 0.5) is 0 Å². The molecule has 1 aliphatic rings. The van der Waals surface area contributed by atoms with Crippen molar-refractivity contribution in [2.24, 2.45) is 0 Å². The molecular formula is C8H10Cl4N2O2. The van der Waals surface area contributed by atoms with Crippen molar-refractivity contribution >= 4 is 58.2 Å². The highest BCUT2D eigenvalue weighted by molar-refractivity contribution is 6.54. The molecule has 0 aromatic rings. The summed E-state index contributed by atoms with van der Waals surface area (Å²) in [4.78, 5) is 23.7. The molecule has 0 unspecified atom stereocenters. The highest BCUT2D eigenvalue weighted by Gasteiger charge is 2.28. The molecule has 2 amide bonds. The SMILES string of the molecule is O=C(C(Cl)Cl)N1CCN(C(=O)C(Cl)Cl)CC1. The number of rotatable bonds is 2. The summed E-state index contributed by atoms with van der Waals surface area (Å²) in [5.74, 6) is -0.688. The Labute approximate surface area is 113 Å². The van der Waals surface area contributed by atoms with Gasteiger partial charge in [0.1, 0.15) is 0 Å². The lowest BCUT2D eigenvalue weighted by Crippen LogP contribution is -2.52. The quantitative estimate of drug-likeness (QED) is 0.721. The minimum atomic E-state index is -1.06. The Balaban J connectivity index is 2.45. The van der Waals surface area contributed by atoms with E-state index in [2.05, 4.69) is 0 Å². The minimum Gasteiger partial charge on any atom is -0.337 e. The number of alkyl halides is 4. The maximum Gasteiger partial charge on any atom is 0.255 e. The van der Waals surface area contributed by atoms with Crippen LogP contribution < -0.4 is 0 Å². The maximum absolute atomic E-state index is 11.4. The van der Waals surface area contributed by atoms with Gasteiger partial charge in [-0.2, -0.15) is 0 Å². The fourth-order valence-corrected chi connectivity index (χ4v) is 1.98. The molecule has 1 saturated heterocycles. The van der Waals surface area contributed by atoms with E-state index in [0.29, 0.717) is 26.2 Å². The van der Waals surface area contributed by atoms with E-state index in [1.165, 1.54) is 9.80 Å². The molecule has 4 nitrogen and oxygen atoms in total. The van der Waals surface area contributed by atoms with E-state index in [1.807, 2.05) is 0 Å². The van der Waals surface area contributed by atoms with Gasteiger partial charge in [-0.15, -0.1) is 0 Å². The number of hydrogen-bond donors (Lipinski definition) is 0. The van der Waals surface area contributed by atoms with Gasteiger partial charge in [0.05, 0.1) is 0 Å². The van der Waals surface area contributed by atoms with Crippen molar-refractivity contribution in [1.29, 1.82) is 0 Å². The third kappa shape index (κ3) is 3.55. The van der Waals surface area contributed by atoms with Crippen molar-refractivity contribution in [3.05, 3.63) is 0 Å². The molecule has 0 radical (unpaired) electrons. The predicted molar refractivity (Wildman–Crippen MR) is 64.1 cm³/mol. The second-order valence-electron chi connectivity index (χ2n) is 3.25. The molecule has 0 atom stereocenters. The monoisotopic (exact) mass is 306 g/mol. The van der Waals surface area contributed by atoms with Crippen LogP contribution in [-0.2, 0) is 9.59 Å². The Bertz CT molecular complexity index is 249. The summed E-state index contributed by atoms with van der Waals surface area (Å²) in [6.07, 6.45) is 0. The average molecular weight is 308 g/mol. The van der Waals surface area contributed by atoms with Gasteiger partial charge in [0, 0.05) is 26.2 Å². The van der Waals surface area contributed by atoms with Crippen molar-refractivity contribution in [3.63, 3.8) is 0 Å². The lowest BCUT2D eigenvalue weighted by atomic mass is 10.3. The Morgan fingerprint density at radius 1 is 0.750 bits per heavy atom. The zero-order valence-electron chi connectivity index (χ0n) is 8.21. The topological polar surface area (TPSA) is 40.6 Å². The molecule has 0 aromatic carbocycles. The standard InChI is InChI=1S/C8H10Cl4N2O2/c9-5(10)7(15)13-1-2-14(4-3-13)8(16)6(11)12/h5-6H,1-4H2. The normalized spacial score (nSPS) is 17.1. The molecule has 0 spiro atoms. The van der Waals surface area contributed by atoms with Gasteiger partial charge in [0.15, 0.2) is 9.67 Å². The third-order valence-electron chi connectivity index (χ3n) is 2.28. The molecule has 1 heterocycles. The molecule has 16 heavy (non-hydrogen) atoms. The number of halogens is 4. The van der Waals surface area contributed by atoms with Gasteiger partial charge in [0.2, 0.25) is 0 Å². The highest BCUT2D eigenvalue weighted by Crippen LogP contribution is 2.13. The summed E-state index contributed by atoms with van der Waals surface area (Å²) < 4.78 is 0. The zero-order valence-corrected chi connectivity index (χ0v) is 11.2. The first-order chi connectivity index (χ1) is 7.43. The molecule has 8 heteroatoms. The Morgan fingerprint density at radius 2 is 1.00 bits per heavy atom. The Kier molecular flexibility index (Phi) is 5.44. The number of amides is 2. The van der Waals surface area contributed by atoms with Gasteiger partial charge >= 0.3 is 0 Å². The van der Waals surface area contributed by atoms with Crippen LogP contribution in [0.5, 0.6) is 0 Å². The fraction of sp³-hybridized carbons (Fsp3) is 0.750. The van der Waals surface area contributed by atoms with E-state index in [-0.39, 0.29) is 11.8 Å². The van der Waals surface area contributed by atoms with Crippen molar-refractivity contribution < 1.29 is 9.59 Å². The van der Waals surface area contributed by atoms with E-state index in [0.717, 1.165) is 0 Å². The first-order valence-corrected chi connectivity index (χ1v) is 6.32. The first-order valence-electron chi connectivity index (χ1n) is 4.57. The van der Waals surface area contributed by atoms with Crippen molar-refractivity contribution in [1.82, 2.24) is 9.80 Å². The highest BCUT2D eigenvalue weighted by atomic mass is 35.5. The predicted octanol–water partition coefficient (Wildman–Crippen LogP) is 1.26. The molecule has 0 aliphatic carbocycles. The molecule has 0 saturated carbocycles. The van der Waals surface area contributed by atoms with Gasteiger partial charge in [-0.25, -0.2) is 0 Å². The van der Waals surface area contributed by atoms with Crippen LogP contribution in [0.2, 0.25) is 0 Å². The second kappa shape index (κ2) is 6.15. The largest absolute Gasteiger partial charge is 0.337 e. The summed E-state index contributed by atoms with van der Waals surface area (Å²) in [5, 5.41) is 0. The lowest BCUT2D eigenvalue weighted by molar-refractivity contribution is -0.137. The lowest BCUT2D eigenvalue weighted by Gasteiger charge is -2.35. The summed E-state index contributed by atoms with van der Waals surface area (Å²) in [7, 11) is 0. The van der Waals surface area contributed by atoms with E-state index >= 15 is 0 Å². The summed E-state index contributed by atoms with van der Waals surface area (Å²) in [5.41, 5.74) is 0. The van der Waals surface area contributed by atoms with Crippen LogP contribution in [0.25, 0.3) is 0 Å². The van der Waals surface area contributed by atoms with Crippen LogP contribution in [0, 0.1) is 0 Å². The van der Waals surface area contributed by atoms with Crippen LogP contribution in [-0.4, -0.2) is 57.5 Å². The molecular weight excluding hydrogens is 298 g/mol. The van der Waals surface area contributed by atoms with Crippen LogP contribution in [0.3, 0.4) is 0 Å². The van der Waals surface area contributed by atoms with Crippen LogP contribution in [0.1, 0.15) is 0 Å². The van der Waals surface area contributed by atoms with Gasteiger partial charge in [-0.05, 0) is 0 Å². The van der Waals surface area contributed by atoms with E-state index in [9.17, 15) is 9.59 Å². The molecule has 1 aliphatic heterocycles. The van der Waals surface area contributed by atoms with Crippen molar-refractivity contribution in [2.45, 2.75) is 9.67 Å².